The van der Waals surface area contributed by atoms with Crippen LogP contribution in [0.5, 0.6) is 0 Å². The zero-order chi connectivity index (χ0) is 9.38. The van der Waals surface area contributed by atoms with Gasteiger partial charge in [0.2, 0.25) is 0 Å². The van der Waals surface area contributed by atoms with E-state index in [4.69, 9.17) is 0 Å². The fraction of sp³-hybridized carbons (Fsp3) is 0.727. The minimum atomic E-state index is 0.754. The summed E-state index contributed by atoms with van der Waals surface area (Å²) in [6.07, 6.45) is 8.73. The van der Waals surface area contributed by atoms with Gasteiger partial charge < -0.3 is 9.88 Å². The molecule has 0 radical (unpaired) electrons. The Kier molecular flexibility index (Phi) is 2.05. The maximum Gasteiger partial charge on any atom is 0.0954 e. The lowest BCUT2D eigenvalue weighted by molar-refractivity contribution is 0.487. The standard InChI is InChI=1S/C11H17N3/c1-2-4-9(3-1)14-8-13-10-7-12-6-5-11(10)14/h8-9,12H,1-7H2. The third-order valence-corrected chi connectivity index (χ3v) is 3.53. The SMILES string of the molecule is c1nc2c(n1C1CCCC1)CCNC2. The maximum absolute atomic E-state index is 4.50. The molecular formula is C11H17N3. The number of hydrogen-bond acceptors (Lipinski definition) is 2. The average molecular weight is 191 g/mol. The molecule has 0 amide bonds. The van der Waals surface area contributed by atoms with Crippen molar-refractivity contribution in [3.8, 4) is 0 Å². The van der Waals surface area contributed by atoms with Gasteiger partial charge in [0, 0.05) is 31.2 Å². The van der Waals surface area contributed by atoms with Crippen molar-refractivity contribution in [2.75, 3.05) is 6.54 Å². The first-order valence-electron chi connectivity index (χ1n) is 5.70. The van der Waals surface area contributed by atoms with Crippen LogP contribution in [-0.4, -0.2) is 16.1 Å². The molecule has 1 aromatic rings. The maximum atomic E-state index is 4.50. The van der Waals surface area contributed by atoms with Crippen LogP contribution in [0.15, 0.2) is 6.33 Å². The van der Waals surface area contributed by atoms with Crippen LogP contribution in [-0.2, 0) is 13.0 Å². The summed E-state index contributed by atoms with van der Waals surface area (Å²) < 4.78 is 2.45. The van der Waals surface area contributed by atoms with E-state index in [1.165, 1.54) is 37.1 Å². The molecule has 1 aromatic heterocycles. The second-order valence-electron chi connectivity index (χ2n) is 4.41. The van der Waals surface area contributed by atoms with Crippen LogP contribution in [0.1, 0.15) is 43.1 Å². The van der Waals surface area contributed by atoms with E-state index in [2.05, 4.69) is 21.2 Å². The Labute approximate surface area is 84.5 Å². The van der Waals surface area contributed by atoms with E-state index < -0.39 is 0 Å². The third-order valence-electron chi connectivity index (χ3n) is 3.53. The van der Waals surface area contributed by atoms with Crippen molar-refractivity contribution in [2.45, 2.75) is 44.7 Å². The van der Waals surface area contributed by atoms with E-state index in [9.17, 15) is 0 Å². The second-order valence-corrected chi connectivity index (χ2v) is 4.41. The highest BCUT2D eigenvalue weighted by molar-refractivity contribution is 5.17. The summed E-state index contributed by atoms with van der Waals surface area (Å²) in [6, 6.07) is 0.754. The largest absolute Gasteiger partial charge is 0.331 e. The molecule has 0 spiro atoms. The van der Waals surface area contributed by atoms with Crippen molar-refractivity contribution in [1.82, 2.24) is 14.9 Å². The van der Waals surface area contributed by atoms with Gasteiger partial charge in [-0.15, -0.1) is 0 Å². The molecule has 1 N–H and O–H groups in total. The van der Waals surface area contributed by atoms with Crippen LogP contribution in [0.2, 0.25) is 0 Å². The molecule has 0 saturated heterocycles. The van der Waals surface area contributed by atoms with Gasteiger partial charge in [0.25, 0.3) is 0 Å². The molecule has 0 unspecified atom stereocenters. The summed E-state index contributed by atoms with van der Waals surface area (Å²) in [6.45, 7) is 2.08. The van der Waals surface area contributed by atoms with Crippen molar-refractivity contribution in [1.29, 1.82) is 0 Å². The lowest BCUT2D eigenvalue weighted by Crippen LogP contribution is -2.25. The molecule has 2 heterocycles. The molecule has 3 rings (SSSR count). The highest BCUT2D eigenvalue weighted by Crippen LogP contribution is 2.31. The number of hydrogen-bond donors (Lipinski definition) is 1. The Balaban J connectivity index is 1.93. The first-order valence-corrected chi connectivity index (χ1v) is 5.70. The molecule has 2 aliphatic rings. The summed E-state index contributed by atoms with van der Waals surface area (Å²) in [7, 11) is 0. The van der Waals surface area contributed by atoms with Gasteiger partial charge in [-0.05, 0) is 12.8 Å². The normalized spacial score (nSPS) is 22.6. The number of fused-ring (bicyclic) bond motifs is 1. The summed E-state index contributed by atoms with van der Waals surface area (Å²) in [5.41, 5.74) is 2.78. The highest BCUT2D eigenvalue weighted by Gasteiger charge is 2.22. The first kappa shape index (κ1) is 8.48. The highest BCUT2D eigenvalue weighted by atomic mass is 15.1. The fourth-order valence-electron chi connectivity index (χ4n) is 2.76. The Bertz CT molecular complexity index is 323. The molecule has 1 saturated carbocycles. The van der Waals surface area contributed by atoms with E-state index in [0.29, 0.717) is 0 Å². The Morgan fingerprint density at radius 3 is 3.07 bits per heavy atom. The van der Waals surface area contributed by atoms with Gasteiger partial charge in [0.05, 0.1) is 12.0 Å². The quantitative estimate of drug-likeness (QED) is 0.731. The van der Waals surface area contributed by atoms with Crippen LogP contribution < -0.4 is 5.32 Å². The predicted molar refractivity (Wildman–Crippen MR) is 55.1 cm³/mol. The van der Waals surface area contributed by atoms with Gasteiger partial charge >= 0.3 is 0 Å². The number of imidazole rings is 1. The summed E-state index contributed by atoms with van der Waals surface area (Å²) in [5, 5.41) is 3.37. The van der Waals surface area contributed by atoms with Gasteiger partial charge in [0.1, 0.15) is 0 Å². The Hall–Kier alpha value is -0.830. The lowest BCUT2D eigenvalue weighted by atomic mass is 10.1. The summed E-state index contributed by atoms with van der Waals surface area (Å²) in [5.74, 6) is 0. The molecule has 0 aromatic carbocycles. The number of aromatic nitrogens is 2. The summed E-state index contributed by atoms with van der Waals surface area (Å²) in [4.78, 5) is 4.50. The van der Waals surface area contributed by atoms with Crippen LogP contribution in [0.3, 0.4) is 0 Å². The van der Waals surface area contributed by atoms with Gasteiger partial charge in [-0.3, -0.25) is 0 Å². The average Bonchev–Trinajstić information content (AvgIpc) is 2.85. The van der Waals surface area contributed by atoms with E-state index in [0.717, 1.165) is 25.6 Å². The molecule has 1 fully saturated rings. The van der Waals surface area contributed by atoms with Crippen molar-refractivity contribution < 1.29 is 0 Å². The number of rotatable bonds is 1. The van der Waals surface area contributed by atoms with Crippen LogP contribution in [0, 0.1) is 0 Å². The lowest BCUT2D eigenvalue weighted by Gasteiger charge is -2.19. The molecule has 76 valence electrons. The zero-order valence-electron chi connectivity index (χ0n) is 8.50. The molecule has 3 heteroatoms. The minimum Gasteiger partial charge on any atom is -0.331 e. The molecule has 0 bridgehead atoms. The number of nitrogens with one attached hydrogen (secondary N) is 1. The van der Waals surface area contributed by atoms with Crippen LogP contribution in [0.4, 0.5) is 0 Å². The number of nitrogens with zero attached hydrogens (tertiary/aromatic N) is 2. The molecule has 1 aliphatic heterocycles. The molecular weight excluding hydrogens is 174 g/mol. The van der Waals surface area contributed by atoms with E-state index in [1.54, 1.807) is 0 Å². The zero-order valence-corrected chi connectivity index (χ0v) is 8.50. The van der Waals surface area contributed by atoms with Gasteiger partial charge in [-0.2, -0.15) is 0 Å². The smallest absolute Gasteiger partial charge is 0.0954 e. The van der Waals surface area contributed by atoms with Gasteiger partial charge in [0.15, 0.2) is 0 Å². The topological polar surface area (TPSA) is 29.9 Å². The Morgan fingerprint density at radius 1 is 1.36 bits per heavy atom. The van der Waals surface area contributed by atoms with E-state index >= 15 is 0 Å². The van der Waals surface area contributed by atoms with Crippen molar-refractivity contribution in [2.24, 2.45) is 0 Å². The molecule has 14 heavy (non-hydrogen) atoms. The van der Waals surface area contributed by atoms with E-state index in [1.807, 2.05) is 0 Å². The Morgan fingerprint density at radius 2 is 2.21 bits per heavy atom. The fourth-order valence-corrected chi connectivity index (χ4v) is 2.76. The minimum absolute atomic E-state index is 0.754. The van der Waals surface area contributed by atoms with Gasteiger partial charge in [-0.25, -0.2) is 4.98 Å². The van der Waals surface area contributed by atoms with Crippen molar-refractivity contribution >= 4 is 0 Å². The predicted octanol–water partition coefficient (Wildman–Crippen LogP) is 1.64. The monoisotopic (exact) mass is 191 g/mol. The van der Waals surface area contributed by atoms with Crippen molar-refractivity contribution in [3.63, 3.8) is 0 Å². The van der Waals surface area contributed by atoms with Crippen molar-refractivity contribution in [3.05, 3.63) is 17.7 Å². The van der Waals surface area contributed by atoms with Crippen LogP contribution in [0.25, 0.3) is 0 Å². The summed E-state index contributed by atoms with van der Waals surface area (Å²) >= 11 is 0. The van der Waals surface area contributed by atoms with E-state index in [-0.39, 0.29) is 0 Å². The van der Waals surface area contributed by atoms with Crippen LogP contribution >= 0.6 is 0 Å². The first-order chi connectivity index (χ1) is 6.95. The van der Waals surface area contributed by atoms with Gasteiger partial charge in [-0.1, -0.05) is 12.8 Å². The molecule has 1 aliphatic carbocycles. The second kappa shape index (κ2) is 3.39. The molecule has 0 atom stereocenters. The third kappa shape index (κ3) is 1.27. The molecule has 3 nitrogen and oxygen atoms in total.